The fourth-order valence-electron chi connectivity index (χ4n) is 1.20. The first-order valence-corrected chi connectivity index (χ1v) is 4.53. The largest absolute Gasteiger partial charge is 0.416 e. The van der Waals surface area contributed by atoms with Gasteiger partial charge in [-0.15, -0.1) is 0 Å². The maximum Gasteiger partial charge on any atom is 0.416 e. The highest BCUT2D eigenvalue weighted by atomic mass is 19.4. The number of rotatable bonds is 3. The average molecular weight is 219 g/mol. The van der Waals surface area contributed by atoms with Crippen molar-refractivity contribution in [3.05, 3.63) is 35.4 Å². The fourth-order valence-corrected chi connectivity index (χ4v) is 1.20. The van der Waals surface area contributed by atoms with Gasteiger partial charge < -0.3 is 5.11 Å². The van der Waals surface area contributed by atoms with Gasteiger partial charge >= 0.3 is 6.18 Å². The van der Waals surface area contributed by atoms with Gasteiger partial charge in [0.2, 0.25) is 0 Å². The molecule has 15 heavy (non-hydrogen) atoms. The third kappa shape index (κ3) is 3.21. The van der Waals surface area contributed by atoms with Crippen molar-refractivity contribution >= 4 is 0 Å². The summed E-state index contributed by atoms with van der Waals surface area (Å²) in [5.41, 5.74) is -0.538. The Balaban J connectivity index is 2.92. The van der Waals surface area contributed by atoms with Crippen LogP contribution in [0.1, 0.15) is 24.3 Å². The van der Waals surface area contributed by atoms with Crippen LogP contribution >= 0.6 is 0 Å². The number of halogens is 3. The summed E-state index contributed by atoms with van der Waals surface area (Å²) < 4.78 is 36.9. The molecule has 0 aliphatic carbocycles. The molecule has 1 aromatic carbocycles. The molecule has 0 bridgehead atoms. The fraction of sp³-hybridized carbons (Fsp3) is 0.400. The zero-order chi connectivity index (χ0) is 11.5. The molecule has 0 saturated heterocycles. The standard InChI is InChI=1S/C10H12F3NO/c1-2-14-9(15)7-4-3-5-8(6-7)10(11,12)13/h3-6,9,14-15H,2H2,1H3. The Kier molecular flexibility index (Phi) is 3.71. The van der Waals surface area contributed by atoms with Crippen molar-refractivity contribution in [2.24, 2.45) is 0 Å². The highest BCUT2D eigenvalue weighted by molar-refractivity contribution is 5.26. The maximum absolute atomic E-state index is 12.3. The first-order chi connectivity index (χ1) is 6.95. The molecule has 2 nitrogen and oxygen atoms in total. The Bertz CT molecular complexity index is 325. The van der Waals surface area contributed by atoms with Gasteiger partial charge in [0.15, 0.2) is 0 Å². The summed E-state index contributed by atoms with van der Waals surface area (Å²) in [5.74, 6) is 0. The Morgan fingerprint density at radius 1 is 1.40 bits per heavy atom. The van der Waals surface area contributed by atoms with Crippen LogP contribution in [0.5, 0.6) is 0 Å². The molecule has 0 heterocycles. The molecule has 0 saturated carbocycles. The van der Waals surface area contributed by atoms with Gasteiger partial charge in [-0.25, -0.2) is 0 Å². The Labute approximate surface area is 85.7 Å². The molecule has 0 aromatic heterocycles. The lowest BCUT2D eigenvalue weighted by atomic mass is 10.1. The normalized spacial score (nSPS) is 13.9. The Morgan fingerprint density at radius 2 is 2.07 bits per heavy atom. The first-order valence-electron chi connectivity index (χ1n) is 4.53. The van der Waals surface area contributed by atoms with Crippen molar-refractivity contribution in [3.8, 4) is 0 Å². The van der Waals surface area contributed by atoms with Crippen LogP contribution in [0.3, 0.4) is 0 Å². The SMILES string of the molecule is CCNC(O)c1cccc(C(F)(F)F)c1. The van der Waals surface area contributed by atoms with Crippen LogP contribution in [0.25, 0.3) is 0 Å². The van der Waals surface area contributed by atoms with E-state index in [1.54, 1.807) is 6.92 Å². The molecule has 5 heteroatoms. The van der Waals surface area contributed by atoms with Crippen LogP contribution in [0.2, 0.25) is 0 Å². The van der Waals surface area contributed by atoms with Gasteiger partial charge in [-0.05, 0) is 24.2 Å². The van der Waals surface area contributed by atoms with E-state index >= 15 is 0 Å². The summed E-state index contributed by atoms with van der Waals surface area (Å²) in [5, 5.41) is 12.1. The van der Waals surface area contributed by atoms with E-state index in [0.29, 0.717) is 6.54 Å². The van der Waals surface area contributed by atoms with Crippen molar-refractivity contribution in [1.29, 1.82) is 0 Å². The minimum Gasteiger partial charge on any atom is -0.374 e. The predicted octanol–water partition coefficient (Wildman–Crippen LogP) is 2.31. The molecule has 0 aliphatic heterocycles. The van der Waals surface area contributed by atoms with Gasteiger partial charge in [0.05, 0.1) is 5.56 Å². The van der Waals surface area contributed by atoms with Gasteiger partial charge in [0.25, 0.3) is 0 Å². The highest BCUT2D eigenvalue weighted by Crippen LogP contribution is 2.30. The van der Waals surface area contributed by atoms with Crippen molar-refractivity contribution in [2.75, 3.05) is 6.54 Å². The molecule has 0 radical (unpaired) electrons. The second-order valence-electron chi connectivity index (χ2n) is 3.08. The van der Waals surface area contributed by atoms with Crippen molar-refractivity contribution < 1.29 is 18.3 Å². The molecule has 1 unspecified atom stereocenters. The van der Waals surface area contributed by atoms with Crippen molar-refractivity contribution in [2.45, 2.75) is 19.3 Å². The van der Waals surface area contributed by atoms with Crippen molar-refractivity contribution in [3.63, 3.8) is 0 Å². The topological polar surface area (TPSA) is 32.3 Å². The number of hydrogen-bond donors (Lipinski definition) is 2. The quantitative estimate of drug-likeness (QED) is 0.764. The third-order valence-corrected chi connectivity index (χ3v) is 1.93. The number of alkyl halides is 3. The zero-order valence-electron chi connectivity index (χ0n) is 8.17. The van der Waals surface area contributed by atoms with E-state index in [2.05, 4.69) is 5.32 Å². The van der Waals surface area contributed by atoms with E-state index in [0.717, 1.165) is 12.1 Å². The van der Waals surface area contributed by atoms with Crippen LogP contribution in [-0.2, 0) is 6.18 Å². The molecule has 0 amide bonds. The predicted molar refractivity (Wildman–Crippen MR) is 50.1 cm³/mol. The van der Waals surface area contributed by atoms with Crippen LogP contribution < -0.4 is 5.32 Å². The molecule has 0 spiro atoms. The number of hydrogen-bond acceptors (Lipinski definition) is 2. The second kappa shape index (κ2) is 4.63. The molecular formula is C10H12F3NO. The summed E-state index contributed by atoms with van der Waals surface area (Å²) in [4.78, 5) is 0. The minimum atomic E-state index is -4.37. The lowest BCUT2D eigenvalue weighted by Gasteiger charge is -2.13. The minimum absolute atomic E-state index is 0.215. The summed E-state index contributed by atoms with van der Waals surface area (Å²) in [6.07, 6.45) is -5.43. The zero-order valence-corrected chi connectivity index (χ0v) is 8.17. The van der Waals surface area contributed by atoms with E-state index < -0.39 is 18.0 Å². The molecule has 0 fully saturated rings. The van der Waals surface area contributed by atoms with E-state index in [1.165, 1.54) is 12.1 Å². The molecule has 1 atom stereocenters. The summed E-state index contributed by atoms with van der Waals surface area (Å²) in [7, 11) is 0. The smallest absolute Gasteiger partial charge is 0.374 e. The van der Waals surface area contributed by atoms with Crippen LogP contribution in [0.15, 0.2) is 24.3 Å². The van der Waals surface area contributed by atoms with Crippen molar-refractivity contribution in [1.82, 2.24) is 5.32 Å². The summed E-state index contributed by atoms with van der Waals surface area (Å²) in [6, 6.07) is 4.64. The van der Waals surface area contributed by atoms with E-state index in [-0.39, 0.29) is 5.56 Å². The van der Waals surface area contributed by atoms with Crippen LogP contribution in [0, 0.1) is 0 Å². The molecular weight excluding hydrogens is 207 g/mol. The van der Waals surface area contributed by atoms with E-state index in [1.807, 2.05) is 0 Å². The molecule has 2 N–H and O–H groups in total. The highest BCUT2D eigenvalue weighted by Gasteiger charge is 2.30. The molecule has 0 aliphatic rings. The van der Waals surface area contributed by atoms with Gasteiger partial charge in [-0.2, -0.15) is 13.2 Å². The third-order valence-electron chi connectivity index (χ3n) is 1.93. The lowest BCUT2D eigenvalue weighted by molar-refractivity contribution is -0.137. The van der Waals surface area contributed by atoms with E-state index in [4.69, 9.17) is 0 Å². The Hall–Kier alpha value is -1.07. The molecule has 1 rings (SSSR count). The number of aliphatic hydroxyl groups excluding tert-OH is 1. The van der Waals surface area contributed by atoms with Gasteiger partial charge in [0, 0.05) is 0 Å². The molecule has 84 valence electrons. The van der Waals surface area contributed by atoms with Gasteiger partial charge in [-0.3, -0.25) is 5.32 Å². The number of benzene rings is 1. The van der Waals surface area contributed by atoms with Gasteiger partial charge in [0.1, 0.15) is 6.23 Å². The molecule has 1 aromatic rings. The first kappa shape index (κ1) is 12.0. The summed E-state index contributed by atoms with van der Waals surface area (Å²) in [6.45, 7) is 2.24. The Morgan fingerprint density at radius 3 is 2.60 bits per heavy atom. The monoisotopic (exact) mass is 219 g/mol. The maximum atomic E-state index is 12.3. The average Bonchev–Trinajstić information content (AvgIpc) is 2.17. The second-order valence-corrected chi connectivity index (χ2v) is 3.08. The van der Waals surface area contributed by atoms with Gasteiger partial charge in [-0.1, -0.05) is 19.1 Å². The lowest BCUT2D eigenvalue weighted by Crippen LogP contribution is -2.20. The number of nitrogens with one attached hydrogen (secondary N) is 1. The van der Waals surface area contributed by atoms with Crippen LogP contribution in [-0.4, -0.2) is 11.7 Å². The van der Waals surface area contributed by atoms with Crippen LogP contribution in [0.4, 0.5) is 13.2 Å². The number of aliphatic hydroxyl groups is 1. The summed E-state index contributed by atoms with van der Waals surface area (Å²) >= 11 is 0. The van der Waals surface area contributed by atoms with E-state index in [9.17, 15) is 18.3 Å².